The summed E-state index contributed by atoms with van der Waals surface area (Å²) in [5.74, 6) is -0.0301. The van der Waals surface area contributed by atoms with Crippen molar-refractivity contribution in [3.63, 3.8) is 0 Å². The number of nitrogens with two attached hydrogens (primary N) is 1. The minimum absolute atomic E-state index is 0.0124. The highest BCUT2D eigenvalue weighted by Gasteiger charge is 2.22. The van der Waals surface area contributed by atoms with E-state index in [1.54, 1.807) is 24.5 Å². The van der Waals surface area contributed by atoms with Crippen LogP contribution in [0, 0.1) is 5.92 Å². The number of benzene rings is 2. The molecule has 1 aliphatic rings. The van der Waals surface area contributed by atoms with Crippen molar-refractivity contribution in [2.45, 2.75) is 19.4 Å². The largest absolute Gasteiger partial charge is 0.465 e. The number of methoxy groups -OCH3 is 1. The van der Waals surface area contributed by atoms with Crippen LogP contribution in [0.2, 0.25) is 0 Å². The molecule has 8 heteroatoms. The molecule has 0 atom stereocenters. The number of primary amides is 1. The Morgan fingerprint density at radius 2 is 1.64 bits per heavy atom. The summed E-state index contributed by atoms with van der Waals surface area (Å²) in [5, 5.41) is 3.21. The molecular formula is C25H27N5O3. The summed E-state index contributed by atoms with van der Waals surface area (Å²) in [6.07, 6.45) is 5.15. The lowest BCUT2D eigenvalue weighted by molar-refractivity contribution is -0.123. The fraction of sp³-hybridized carbons (Fsp3) is 0.280. The van der Waals surface area contributed by atoms with E-state index in [0.29, 0.717) is 11.5 Å². The lowest BCUT2D eigenvalue weighted by atomic mass is 9.96. The van der Waals surface area contributed by atoms with Gasteiger partial charge in [-0.3, -0.25) is 9.69 Å². The zero-order valence-electron chi connectivity index (χ0n) is 18.5. The molecule has 2 aromatic carbocycles. The van der Waals surface area contributed by atoms with E-state index in [2.05, 4.69) is 32.3 Å². The van der Waals surface area contributed by atoms with Crippen LogP contribution in [0.3, 0.4) is 0 Å². The molecule has 3 N–H and O–H groups in total. The standard InChI is InChI=1S/C25H27N5O3/c1-33-24(32)20-6-4-18(5-7-20)21-14-27-25(28-15-21)29-22-8-2-17(3-9-22)16-30-12-10-19(11-13-30)23(26)31/h2-9,14-15,19H,10-13,16H2,1H3,(H2,26,31)(H,27,28,29). The van der Waals surface area contributed by atoms with E-state index < -0.39 is 0 Å². The quantitative estimate of drug-likeness (QED) is 0.537. The highest BCUT2D eigenvalue weighted by molar-refractivity contribution is 5.89. The minimum Gasteiger partial charge on any atom is -0.465 e. The first kappa shape index (κ1) is 22.4. The summed E-state index contributed by atoms with van der Waals surface area (Å²) in [6, 6.07) is 15.3. The number of piperidine rings is 1. The Morgan fingerprint density at radius 3 is 2.21 bits per heavy atom. The molecule has 0 radical (unpaired) electrons. The summed E-state index contributed by atoms with van der Waals surface area (Å²) in [6.45, 7) is 2.63. The number of carbonyl (C=O) groups excluding carboxylic acids is 2. The first-order valence-electron chi connectivity index (χ1n) is 10.9. The minimum atomic E-state index is -0.365. The van der Waals surface area contributed by atoms with Crippen molar-refractivity contribution in [2.24, 2.45) is 11.7 Å². The van der Waals surface area contributed by atoms with Gasteiger partial charge >= 0.3 is 5.97 Å². The van der Waals surface area contributed by atoms with Gasteiger partial charge in [0, 0.05) is 36.1 Å². The smallest absolute Gasteiger partial charge is 0.337 e. The number of carbonyl (C=O) groups is 2. The second kappa shape index (κ2) is 10.2. The second-order valence-electron chi connectivity index (χ2n) is 8.14. The number of likely N-dealkylation sites (tertiary alicyclic amines) is 1. The number of aromatic nitrogens is 2. The normalized spacial score (nSPS) is 14.6. The van der Waals surface area contributed by atoms with E-state index in [0.717, 1.165) is 49.3 Å². The molecule has 3 aromatic rings. The molecule has 0 spiro atoms. The Labute approximate surface area is 192 Å². The van der Waals surface area contributed by atoms with Crippen molar-refractivity contribution in [1.29, 1.82) is 0 Å². The van der Waals surface area contributed by atoms with E-state index >= 15 is 0 Å². The highest BCUT2D eigenvalue weighted by atomic mass is 16.5. The highest BCUT2D eigenvalue weighted by Crippen LogP contribution is 2.22. The topological polar surface area (TPSA) is 110 Å². The Balaban J connectivity index is 1.32. The van der Waals surface area contributed by atoms with Crippen LogP contribution in [0.1, 0.15) is 28.8 Å². The van der Waals surface area contributed by atoms with Crippen molar-refractivity contribution >= 4 is 23.5 Å². The maximum atomic E-state index is 11.6. The molecular weight excluding hydrogens is 418 g/mol. The predicted molar refractivity (Wildman–Crippen MR) is 126 cm³/mol. The fourth-order valence-corrected chi connectivity index (χ4v) is 3.91. The number of nitrogens with zero attached hydrogens (tertiary/aromatic N) is 3. The van der Waals surface area contributed by atoms with Crippen molar-refractivity contribution in [3.05, 3.63) is 72.1 Å². The number of nitrogens with one attached hydrogen (secondary N) is 1. The van der Waals surface area contributed by atoms with Gasteiger partial charge in [0.2, 0.25) is 11.9 Å². The summed E-state index contributed by atoms with van der Waals surface area (Å²) >= 11 is 0. The van der Waals surface area contributed by atoms with Crippen LogP contribution >= 0.6 is 0 Å². The van der Waals surface area contributed by atoms with Crippen LogP contribution in [0.5, 0.6) is 0 Å². The molecule has 0 aliphatic carbocycles. The average molecular weight is 446 g/mol. The Bertz CT molecular complexity index is 1090. The molecule has 0 unspecified atom stereocenters. The third-order valence-corrected chi connectivity index (χ3v) is 5.90. The molecule has 1 fully saturated rings. The number of amides is 1. The number of rotatable bonds is 7. The molecule has 0 saturated carbocycles. The second-order valence-corrected chi connectivity index (χ2v) is 8.14. The molecule has 0 bridgehead atoms. The zero-order chi connectivity index (χ0) is 23.2. The zero-order valence-corrected chi connectivity index (χ0v) is 18.5. The van der Waals surface area contributed by atoms with Gasteiger partial charge in [0.1, 0.15) is 0 Å². The van der Waals surface area contributed by atoms with Crippen molar-refractivity contribution in [3.8, 4) is 11.1 Å². The van der Waals surface area contributed by atoms with Gasteiger partial charge in [0.05, 0.1) is 12.7 Å². The van der Waals surface area contributed by atoms with E-state index in [1.807, 2.05) is 24.3 Å². The number of hydrogen-bond donors (Lipinski definition) is 2. The first-order chi connectivity index (χ1) is 16.0. The van der Waals surface area contributed by atoms with Gasteiger partial charge in [0.25, 0.3) is 0 Å². The Morgan fingerprint density at radius 1 is 1.00 bits per heavy atom. The molecule has 8 nitrogen and oxygen atoms in total. The van der Waals surface area contributed by atoms with E-state index in [9.17, 15) is 9.59 Å². The van der Waals surface area contributed by atoms with E-state index in [4.69, 9.17) is 10.5 Å². The van der Waals surface area contributed by atoms with E-state index in [1.165, 1.54) is 12.7 Å². The van der Waals surface area contributed by atoms with Gasteiger partial charge < -0.3 is 15.8 Å². The Kier molecular flexibility index (Phi) is 6.95. The van der Waals surface area contributed by atoms with Crippen LogP contribution in [0.25, 0.3) is 11.1 Å². The number of anilines is 2. The third-order valence-electron chi connectivity index (χ3n) is 5.90. The van der Waals surface area contributed by atoms with Crippen LogP contribution in [0.15, 0.2) is 60.9 Å². The predicted octanol–water partition coefficient (Wildman–Crippen LogP) is 3.37. The monoisotopic (exact) mass is 445 g/mol. The lowest BCUT2D eigenvalue weighted by Crippen LogP contribution is -2.38. The molecule has 170 valence electrons. The summed E-state index contributed by atoms with van der Waals surface area (Å²) in [7, 11) is 1.36. The summed E-state index contributed by atoms with van der Waals surface area (Å²) < 4.78 is 4.72. The number of hydrogen-bond acceptors (Lipinski definition) is 7. The van der Waals surface area contributed by atoms with Gasteiger partial charge in [0.15, 0.2) is 0 Å². The summed E-state index contributed by atoms with van der Waals surface area (Å²) in [5.41, 5.74) is 9.80. The van der Waals surface area contributed by atoms with Gasteiger partial charge in [-0.25, -0.2) is 14.8 Å². The SMILES string of the molecule is COC(=O)c1ccc(-c2cnc(Nc3ccc(CN4CCC(C(N)=O)CC4)cc3)nc2)cc1. The molecule has 4 rings (SSSR count). The van der Waals surface area contributed by atoms with Gasteiger partial charge in [-0.15, -0.1) is 0 Å². The third kappa shape index (κ3) is 5.72. The number of esters is 1. The molecule has 2 heterocycles. The average Bonchev–Trinajstić information content (AvgIpc) is 2.86. The van der Waals surface area contributed by atoms with Crippen LogP contribution in [-0.2, 0) is 16.1 Å². The first-order valence-corrected chi connectivity index (χ1v) is 10.9. The Hall–Kier alpha value is -3.78. The molecule has 33 heavy (non-hydrogen) atoms. The van der Waals surface area contributed by atoms with Gasteiger partial charge in [-0.2, -0.15) is 0 Å². The maximum absolute atomic E-state index is 11.6. The van der Waals surface area contributed by atoms with Crippen molar-refractivity contribution in [1.82, 2.24) is 14.9 Å². The fourth-order valence-electron chi connectivity index (χ4n) is 3.91. The molecule has 1 saturated heterocycles. The van der Waals surface area contributed by atoms with Crippen LogP contribution in [0.4, 0.5) is 11.6 Å². The maximum Gasteiger partial charge on any atom is 0.337 e. The number of ether oxygens (including phenoxy) is 1. The lowest BCUT2D eigenvalue weighted by Gasteiger charge is -2.30. The molecule has 1 aliphatic heterocycles. The van der Waals surface area contributed by atoms with Crippen LogP contribution in [-0.4, -0.2) is 46.9 Å². The van der Waals surface area contributed by atoms with Crippen molar-refractivity contribution < 1.29 is 14.3 Å². The van der Waals surface area contributed by atoms with Crippen molar-refractivity contribution in [2.75, 3.05) is 25.5 Å². The van der Waals surface area contributed by atoms with Gasteiger partial charge in [-0.1, -0.05) is 24.3 Å². The van der Waals surface area contributed by atoms with Crippen LogP contribution < -0.4 is 11.1 Å². The molecule has 1 amide bonds. The summed E-state index contributed by atoms with van der Waals surface area (Å²) in [4.78, 5) is 34.0. The van der Waals surface area contributed by atoms with Gasteiger partial charge in [-0.05, 0) is 61.3 Å². The van der Waals surface area contributed by atoms with E-state index in [-0.39, 0.29) is 17.8 Å². The molecule has 1 aromatic heterocycles.